The smallest absolute Gasteiger partial charge is 0.339 e. The van der Waals surface area contributed by atoms with E-state index < -0.39 is 60.3 Å². The predicted octanol–water partition coefficient (Wildman–Crippen LogP) is -1.50. The first kappa shape index (κ1) is 14.9. The topological polar surface area (TPSA) is 157 Å². The number of carbonyl (C=O) groups is 1. The molecule has 22 heavy (non-hydrogen) atoms. The number of aromatic hydroxyl groups is 3. The van der Waals surface area contributed by atoms with Crippen molar-refractivity contribution in [3.63, 3.8) is 0 Å². The minimum atomic E-state index is -1.55. The van der Waals surface area contributed by atoms with Gasteiger partial charge in [-0.05, 0) is 6.07 Å². The summed E-state index contributed by atoms with van der Waals surface area (Å²) in [5.41, 5.74) is -0.421. The lowest BCUT2D eigenvalue weighted by Gasteiger charge is -2.44. The number of phenolic OH excluding ortho intramolecular Hbond substituents is 3. The highest BCUT2D eigenvalue weighted by molar-refractivity contribution is 5.95. The molecule has 1 aromatic carbocycles. The van der Waals surface area contributed by atoms with Gasteiger partial charge in [0, 0.05) is 5.56 Å². The average molecular weight is 314 g/mol. The van der Waals surface area contributed by atoms with Crippen molar-refractivity contribution in [2.75, 3.05) is 6.61 Å². The number of rotatable bonds is 1. The molecule has 1 aromatic rings. The van der Waals surface area contributed by atoms with Crippen molar-refractivity contribution in [1.82, 2.24) is 0 Å². The molecule has 6 N–H and O–H groups in total. The second kappa shape index (κ2) is 4.99. The molecule has 3 rings (SSSR count). The van der Waals surface area contributed by atoms with Crippen LogP contribution in [0.5, 0.6) is 17.2 Å². The van der Waals surface area contributed by atoms with Crippen LogP contribution in [-0.2, 0) is 9.47 Å². The monoisotopic (exact) mass is 314 g/mol. The molecular weight excluding hydrogens is 300 g/mol. The van der Waals surface area contributed by atoms with E-state index in [0.717, 1.165) is 6.07 Å². The number of aliphatic hydroxyl groups excluding tert-OH is 3. The number of aliphatic hydroxyl groups is 3. The number of carbonyl (C=O) groups excluding carboxylic acids is 1. The number of benzene rings is 1. The second-order valence-corrected chi connectivity index (χ2v) is 5.18. The summed E-state index contributed by atoms with van der Waals surface area (Å²) in [6.45, 7) is -0.616. The third kappa shape index (κ3) is 1.91. The summed E-state index contributed by atoms with van der Waals surface area (Å²) in [5.74, 6) is -3.32. The van der Waals surface area contributed by atoms with Crippen molar-refractivity contribution in [3.05, 3.63) is 17.2 Å². The molecular formula is C13H14O9. The van der Waals surface area contributed by atoms with Gasteiger partial charge in [0.05, 0.1) is 12.2 Å². The van der Waals surface area contributed by atoms with E-state index in [1.165, 1.54) is 0 Å². The molecule has 0 aromatic heterocycles. The van der Waals surface area contributed by atoms with Gasteiger partial charge in [-0.2, -0.15) is 0 Å². The fourth-order valence-corrected chi connectivity index (χ4v) is 2.76. The minimum Gasteiger partial charge on any atom is -0.504 e. The van der Waals surface area contributed by atoms with E-state index in [0.29, 0.717) is 0 Å². The van der Waals surface area contributed by atoms with Gasteiger partial charge in [-0.1, -0.05) is 0 Å². The van der Waals surface area contributed by atoms with E-state index in [-0.39, 0.29) is 11.1 Å². The molecule has 2 aliphatic heterocycles. The summed E-state index contributed by atoms with van der Waals surface area (Å²) in [7, 11) is 0. The summed E-state index contributed by atoms with van der Waals surface area (Å²) >= 11 is 0. The van der Waals surface area contributed by atoms with Crippen molar-refractivity contribution in [1.29, 1.82) is 0 Å². The summed E-state index contributed by atoms with van der Waals surface area (Å²) in [4.78, 5) is 11.9. The maximum absolute atomic E-state index is 11.9. The van der Waals surface area contributed by atoms with Crippen LogP contribution in [0.3, 0.4) is 0 Å². The first-order chi connectivity index (χ1) is 10.4. The normalized spacial score (nSPS) is 33.8. The van der Waals surface area contributed by atoms with Crippen LogP contribution >= 0.6 is 0 Å². The van der Waals surface area contributed by atoms with Crippen molar-refractivity contribution >= 4 is 5.97 Å². The third-order valence-corrected chi connectivity index (χ3v) is 3.91. The van der Waals surface area contributed by atoms with Crippen LogP contribution in [0.15, 0.2) is 6.07 Å². The zero-order chi connectivity index (χ0) is 16.2. The molecule has 9 nitrogen and oxygen atoms in total. The highest BCUT2D eigenvalue weighted by Crippen LogP contribution is 2.49. The van der Waals surface area contributed by atoms with Gasteiger partial charge >= 0.3 is 5.97 Å². The Morgan fingerprint density at radius 3 is 2.41 bits per heavy atom. The molecule has 0 amide bonds. The van der Waals surface area contributed by atoms with Crippen molar-refractivity contribution in [2.24, 2.45) is 0 Å². The first-order valence-corrected chi connectivity index (χ1v) is 6.48. The molecule has 5 atom stereocenters. The van der Waals surface area contributed by atoms with Crippen molar-refractivity contribution in [3.8, 4) is 17.2 Å². The van der Waals surface area contributed by atoms with Crippen LogP contribution in [0.4, 0.5) is 0 Å². The summed E-state index contributed by atoms with van der Waals surface area (Å²) in [5, 5.41) is 58.1. The summed E-state index contributed by atoms with van der Waals surface area (Å²) in [6, 6.07) is 0.900. The molecule has 120 valence electrons. The Morgan fingerprint density at radius 1 is 1.09 bits per heavy atom. The zero-order valence-corrected chi connectivity index (χ0v) is 11.1. The van der Waals surface area contributed by atoms with Crippen LogP contribution in [-0.4, -0.2) is 67.6 Å². The van der Waals surface area contributed by atoms with E-state index in [9.17, 15) is 35.4 Å². The van der Waals surface area contributed by atoms with E-state index in [2.05, 4.69) is 0 Å². The van der Waals surface area contributed by atoms with Gasteiger partial charge in [-0.25, -0.2) is 4.79 Å². The van der Waals surface area contributed by atoms with Gasteiger partial charge in [0.1, 0.15) is 24.4 Å². The maximum atomic E-state index is 11.9. The van der Waals surface area contributed by atoms with Gasteiger partial charge < -0.3 is 40.1 Å². The lowest BCUT2D eigenvalue weighted by molar-refractivity contribution is -0.235. The molecule has 0 bridgehead atoms. The lowest BCUT2D eigenvalue weighted by Crippen LogP contribution is -2.58. The number of ether oxygens (including phenoxy) is 2. The Bertz CT molecular complexity index is 628. The maximum Gasteiger partial charge on any atom is 0.339 e. The fraction of sp³-hybridized carbons (Fsp3) is 0.462. The largest absolute Gasteiger partial charge is 0.504 e. The number of phenols is 3. The van der Waals surface area contributed by atoms with Gasteiger partial charge in [-0.3, -0.25) is 0 Å². The van der Waals surface area contributed by atoms with Gasteiger partial charge in [-0.15, -0.1) is 0 Å². The Hall–Kier alpha value is -2.07. The molecule has 1 fully saturated rings. The lowest BCUT2D eigenvalue weighted by atomic mass is 9.86. The van der Waals surface area contributed by atoms with Crippen LogP contribution in [0, 0.1) is 0 Å². The molecule has 2 heterocycles. The fourth-order valence-electron chi connectivity index (χ4n) is 2.76. The van der Waals surface area contributed by atoms with Crippen LogP contribution in [0.25, 0.3) is 0 Å². The molecule has 0 aliphatic carbocycles. The summed E-state index contributed by atoms with van der Waals surface area (Å²) in [6.07, 6.45) is -6.75. The quantitative estimate of drug-likeness (QED) is 0.268. The van der Waals surface area contributed by atoms with Gasteiger partial charge in [0.2, 0.25) is 5.75 Å². The Balaban J connectivity index is 2.15. The zero-order valence-electron chi connectivity index (χ0n) is 11.1. The van der Waals surface area contributed by atoms with Crippen LogP contribution in [0.1, 0.15) is 22.0 Å². The van der Waals surface area contributed by atoms with Gasteiger partial charge in [0.25, 0.3) is 0 Å². The minimum absolute atomic E-state index is 0.180. The highest BCUT2D eigenvalue weighted by atomic mass is 16.6. The number of fused-ring (bicyclic) bond motifs is 3. The van der Waals surface area contributed by atoms with E-state index >= 15 is 0 Å². The van der Waals surface area contributed by atoms with Crippen molar-refractivity contribution in [2.45, 2.75) is 30.5 Å². The van der Waals surface area contributed by atoms with Crippen molar-refractivity contribution < 1.29 is 44.9 Å². The SMILES string of the molecule is O=C1O[C@@H]2[C@@H](O)[C@@H](O)[C@@H](CO)O[C@H]2c2c1cc(O)c(O)c2O. The molecule has 0 unspecified atom stereocenters. The molecule has 2 aliphatic rings. The molecule has 9 heteroatoms. The number of esters is 1. The number of hydrogen-bond donors (Lipinski definition) is 6. The van der Waals surface area contributed by atoms with E-state index in [1.54, 1.807) is 0 Å². The van der Waals surface area contributed by atoms with Crippen LogP contribution in [0.2, 0.25) is 0 Å². The molecule has 0 radical (unpaired) electrons. The van der Waals surface area contributed by atoms with E-state index in [4.69, 9.17) is 9.47 Å². The molecule has 0 saturated carbocycles. The standard InChI is InChI=1S/C13H14O9/c14-2-5-8(17)10(19)12-11(21-5)6-3(13(20)22-12)1-4(15)7(16)9(6)18/h1,5,8,10-12,14-19H,2H2/t5-,8+,10+,11+,12-/m1/s1. The Kier molecular flexibility index (Phi) is 3.37. The van der Waals surface area contributed by atoms with E-state index in [1.807, 2.05) is 0 Å². The summed E-state index contributed by atoms with van der Waals surface area (Å²) < 4.78 is 10.4. The first-order valence-electron chi connectivity index (χ1n) is 6.48. The molecule has 0 spiro atoms. The second-order valence-electron chi connectivity index (χ2n) is 5.18. The predicted molar refractivity (Wildman–Crippen MR) is 67.4 cm³/mol. The Morgan fingerprint density at radius 2 is 1.77 bits per heavy atom. The van der Waals surface area contributed by atoms with Crippen LogP contribution < -0.4 is 0 Å². The third-order valence-electron chi connectivity index (χ3n) is 3.91. The Labute approximate surface area is 123 Å². The highest BCUT2D eigenvalue weighted by Gasteiger charge is 2.51. The number of hydrogen-bond acceptors (Lipinski definition) is 9. The van der Waals surface area contributed by atoms with Gasteiger partial charge in [0.15, 0.2) is 17.6 Å². The molecule has 1 saturated heterocycles. The average Bonchev–Trinajstić information content (AvgIpc) is 2.49.